The summed E-state index contributed by atoms with van der Waals surface area (Å²) in [6, 6.07) is 1.35. The highest BCUT2D eigenvalue weighted by Crippen LogP contribution is 2.16. The summed E-state index contributed by atoms with van der Waals surface area (Å²) in [6.45, 7) is 0. The molecule has 6 heteroatoms. The van der Waals surface area contributed by atoms with Crippen LogP contribution in [0.25, 0.3) is 0 Å². The summed E-state index contributed by atoms with van der Waals surface area (Å²) in [5.74, 6) is -0.725. The zero-order valence-electron chi connectivity index (χ0n) is 6.67. The number of pyridine rings is 1. The van der Waals surface area contributed by atoms with Crippen LogP contribution < -0.4 is 11.3 Å². The Morgan fingerprint density at radius 3 is 2.69 bits per heavy atom. The van der Waals surface area contributed by atoms with Crippen molar-refractivity contribution in [2.75, 3.05) is 0 Å². The molecule has 1 rings (SSSR count). The van der Waals surface area contributed by atoms with Gasteiger partial charge in [0.05, 0.1) is 9.50 Å². The first-order chi connectivity index (χ1) is 5.95. The van der Waals surface area contributed by atoms with Gasteiger partial charge in [-0.15, -0.1) is 0 Å². The topological polar surface area (TPSA) is 65.1 Å². The number of halogens is 2. The largest absolute Gasteiger partial charge is 0.364 e. The maximum absolute atomic E-state index is 11.3. The van der Waals surface area contributed by atoms with Gasteiger partial charge in [0.2, 0.25) is 0 Å². The fourth-order valence-corrected chi connectivity index (χ4v) is 1.90. The number of carbonyl (C=O) groups is 1. The number of nitrogens with two attached hydrogens (primary N) is 1. The van der Waals surface area contributed by atoms with Crippen LogP contribution in [-0.2, 0) is 7.05 Å². The average molecular weight is 265 g/mol. The third kappa shape index (κ3) is 1.76. The lowest BCUT2D eigenvalue weighted by atomic mass is 10.3. The van der Waals surface area contributed by atoms with Gasteiger partial charge in [0, 0.05) is 7.05 Å². The SMILES string of the molecule is Cn1c(C(N)=O)c(Cl)cc(Br)c1=O. The van der Waals surface area contributed by atoms with E-state index >= 15 is 0 Å². The normalized spacial score (nSPS) is 10.1. The molecule has 0 spiro atoms. The Hall–Kier alpha value is -0.810. The van der Waals surface area contributed by atoms with Crippen LogP contribution in [0, 0.1) is 0 Å². The fraction of sp³-hybridized carbons (Fsp3) is 0.143. The molecule has 1 amide bonds. The van der Waals surface area contributed by atoms with E-state index in [1.165, 1.54) is 13.1 Å². The van der Waals surface area contributed by atoms with Crippen molar-refractivity contribution in [3.63, 3.8) is 0 Å². The van der Waals surface area contributed by atoms with Crippen LogP contribution in [0.2, 0.25) is 5.02 Å². The predicted molar refractivity (Wildman–Crippen MR) is 52.9 cm³/mol. The van der Waals surface area contributed by atoms with Gasteiger partial charge >= 0.3 is 0 Å². The van der Waals surface area contributed by atoms with E-state index in [4.69, 9.17) is 17.3 Å². The number of aromatic nitrogens is 1. The van der Waals surface area contributed by atoms with Crippen molar-refractivity contribution in [3.8, 4) is 0 Å². The molecule has 0 aliphatic rings. The van der Waals surface area contributed by atoms with E-state index in [2.05, 4.69) is 15.9 Å². The molecule has 1 aromatic heterocycles. The average Bonchev–Trinajstić information content (AvgIpc) is 1.99. The summed E-state index contributed by atoms with van der Waals surface area (Å²) in [7, 11) is 1.43. The summed E-state index contributed by atoms with van der Waals surface area (Å²) in [5, 5.41) is 0.154. The van der Waals surface area contributed by atoms with Gasteiger partial charge in [0.25, 0.3) is 11.5 Å². The molecular weight excluding hydrogens is 259 g/mol. The second-order valence-electron chi connectivity index (χ2n) is 2.42. The first-order valence-corrected chi connectivity index (χ1v) is 4.47. The van der Waals surface area contributed by atoms with Crippen LogP contribution >= 0.6 is 27.5 Å². The van der Waals surface area contributed by atoms with Crippen molar-refractivity contribution in [3.05, 3.63) is 31.6 Å². The summed E-state index contributed by atoms with van der Waals surface area (Å²) >= 11 is 8.72. The molecule has 0 aliphatic heterocycles. The van der Waals surface area contributed by atoms with Crippen LogP contribution in [0.15, 0.2) is 15.3 Å². The van der Waals surface area contributed by atoms with Crippen molar-refractivity contribution >= 4 is 33.4 Å². The second kappa shape index (κ2) is 3.51. The maximum atomic E-state index is 11.3. The van der Waals surface area contributed by atoms with Crippen LogP contribution in [0.1, 0.15) is 10.5 Å². The standard InChI is InChI=1S/C7H6BrClN2O2/c1-11-5(6(10)12)4(9)2-3(8)7(11)13/h2H,1H3,(H2,10,12). The van der Waals surface area contributed by atoms with Crippen LogP contribution in [0.4, 0.5) is 0 Å². The maximum Gasteiger partial charge on any atom is 0.266 e. The molecule has 0 fully saturated rings. The summed E-state index contributed by atoms with van der Waals surface area (Å²) in [5.41, 5.74) is 4.70. The van der Waals surface area contributed by atoms with Gasteiger partial charge in [-0.05, 0) is 22.0 Å². The van der Waals surface area contributed by atoms with E-state index in [9.17, 15) is 9.59 Å². The Balaban J connectivity index is 3.63. The first-order valence-electron chi connectivity index (χ1n) is 3.30. The Kier molecular flexibility index (Phi) is 2.77. The number of amides is 1. The molecule has 4 nitrogen and oxygen atoms in total. The predicted octanol–water partition coefficient (Wildman–Crippen LogP) is 0.900. The molecule has 0 atom stereocenters. The Morgan fingerprint density at radius 1 is 1.69 bits per heavy atom. The molecule has 0 unspecified atom stereocenters. The molecule has 0 bridgehead atoms. The van der Waals surface area contributed by atoms with Crippen molar-refractivity contribution in [2.24, 2.45) is 12.8 Å². The second-order valence-corrected chi connectivity index (χ2v) is 3.68. The third-order valence-electron chi connectivity index (χ3n) is 1.56. The smallest absolute Gasteiger partial charge is 0.266 e. The molecule has 1 aromatic rings. The molecule has 70 valence electrons. The number of hydrogen-bond acceptors (Lipinski definition) is 2. The minimum atomic E-state index is -0.725. The first kappa shape index (κ1) is 10.3. The molecular formula is C7H6BrClN2O2. The van der Waals surface area contributed by atoms with Gasteiger partial charge in [0.15, 0.2) is 0 Å². The minimum Gasteiger partial charge on any atom is -0.364 e. The van der Waals surface area contributed by atoms with Gasteiger partial charge < -0.3 is 10.3 Å². The van der Waals surface area contributed by atoms with Crippen molar-refractivity contribution in [2.45, 2.75) is 0 Å². The zero-order chi connectivity index (χ0) is 10.2. The lowest BCUT2D eigenvalue weighted by Gasteiger charge is -2.06. The van der Waals surface area contributed by atoms with Gasteiger partial charge in [-0.1, -0.05) is 11.6 Å². The van der Waals surface area contributed by atoms with E-state index in [1.54, 1.807) is 0 Å². The molecule has 2 N–H and O–H groups in total. The number of rotatable bonds is 1. The highest BCUT2D eigenvalue weighted by Gasteiger charge is 2.13. The molecule has 0 radical (unpaired) electrons. The molecule has 0 aliphatic carbocycles. The lowest BCUT2D eigenvalue weighted by Crippen LogP contribution is -2.27. The van der Waals surface area contributed by atoms with E-state index in [0.717, 1.165) is 4.57 Å². The number of nitrogens with zero attached hydrogens (tertiary/aromatic N) is 1. The van der Waals surface area contributed by atoms with Crippen molar-refractivity contribution in [1.82, 2.24) is 4.57 Å². The number of carbonyl (C=O) groups excluding carboxylic acids is 1. The minimum absolute atomic E-state index is 0.00914. The Labute approximate surface area is 87.4 Å². The molecule has 1 heterocycles. The van der Waals surface area contributed by atoms with Crippen LogP contribution in [-0.4, -0.2) is 10.5 Å². The van der Waals surface area contributed by atoms with E-state index in [1.807, 2.05) is 0 Å². The number of primary amides is 1. The molecule has 0 aromatic carbocycles. The summed E-state index contributed by atoms with van der Waals surface area (Å²) in [6.07, 6.45) is 0. The van der Waals surface area contributed by atoms with Crippen molar-refractivity contribution in [1.29, 1.82) is 0 Å². The van der Waals surface area contributed by atoms with E-state index in [0.29, 0.717) is 4.47 Å². The van der Waals surface area contributed by atoms with Crippen molar-refractivity contribution < 1.29 is 4.79 Å². The summed E-state index contributed by atoms with van der Waals surface area (Å²) < 4.78 is 1.40. The van der Waals surface area contributed by atoms with E-state index in [-0.39, 0.29) is 16.3 Å². The van der Waals surface area contributed by atoms with E-state index < -0.39 is 5.91 Å². The highest BCUT2D eigenvalue weighted by atomic mass is 79.9. The third-order valence-corrected chi connectivity index (χ3v) is 2.41. The molecule has 0 saturated carbocycles. The monoisotopic (exact) mass is 264 g/mol. The zero-order valence-corrected chi connectivity index (χ0v) is 9.02. The van der Waals surface area contributed by atoms with Crippen LogP contribution in [0.3, 0.4) is 0 Å². The van der Waals surface area contributed by atoms with Gasteiger partial charge in [-0.25, -0.2) is 0 Å². The molecule has 0 saturated heterocycles. The van der Waals surface area contributed by atoms with Gasteiger partial charge in [0.1, 0.15) is 5.69 Å². The highest BCUT2D eigenvalue weighted by molar-refractivity contribution is 9.10. The number of hydrogen-bond donors (Lipinski definition) is 1. The lowest BCUT2D eigenvalue weighted by molar-refractivity contribution is 0.0991. The summed E-state index contributed by atoms with van der Waals surface area (Å²) in [4.78, 5) is 22.2. The van der Waals surface area contributed by atoms with Gasteiger partial charge in [-0.3, -0.25) is 9.59 Å². The fourth-order valence-electron chi connectivity index (χ4n) is 0.946. The quantitative estimate of drug-likeness (QED) is 0.820. The van der Waals surface area contributed by atoms with Crippen LogP contribution in [0.5, 0.6) is 0 Å². The van der Waals surface area contributed by atoms with Gasteiger partial charge in [-0.2, -0.15) is 0 Å². The molecule has 13 heavy (non-hydrogen) atoms. The Morgan fingerprint density at radius 2 is 2.23 bits per heavy atom. The Bertz CT molecular complexity index is 427.